The number of rotatable bonds is 2. The van der Waals surface area contributed by atoms with Crippen molar-refractivity contribution >= 4 is 12.0 Å². The minimum Gasteiger partial charge on any atom is -0.444 e. The smallest absolute Gasteiger partial charge is 0.408 e. The van der Waals surface area contributed by atoms with Crippen LogP contribution in [-0.4, -0.2) is 42.6 Å². The zero-order valence-electron chi connectivity index (χ0n) is 11.7. The number of likely N-dealkylation sites (N-methyl/N-ethyl adjacent to an activating group) is 1. The van der Waals surface area contributed by atoms with Crippen molar-refractivity contribution in [2.75, 3.05) is 14.0 Å². The maximum absolute atomic E-state index is 11.6. The fraction of sp³-hybridized carbons (Fsp3) is 0.800. The molecule has 0 unspecified atom stereocenters. The summed E-state index contributed by atoms with van der Waals surface area (Å²) in [5.41, 5.74) is -0.628. The SMILES string of the molecule is [2H]CN(C[2H])C(=O)[C@H](C)NC(=O)OC(C)(C)C. The minimum absolute atomic E-state index is 0.303. The van der Waals surface area contributed by atoms with Crippen LogP contribution in [0.3, 0.4) is 0 Å². The van der Waals surface area contributed by atoms with Crippen LogP contribution in [0, 0.1) is 0 Å². The summed E-state index contributed by atoms with van der Waals surface area (Å²) in [7, 11) is -0.606. The number of hydrogen-bond donors (Lipinski definition) is 1. The summed E-state index contributed by atoms with van der Waals surface area (Å²) >= 11 is 0. The van der Waals surface area contributed by atoms with Gasteiger partial charge < -0.3 is 15.0 Å². The lowest BCUT2D eigenvalue weighted by Crippen LogP contribution is -2.45. The van der Waals surface area contributed by atoms with E-state index in [1.165, 1.54) is 6.92 Å². The van der Waals surface area contributed by atoms with Crippen LogP contribution in [-0.2, 0) is 9.53 Å². The van der Waals surface area contributed by atoms with Gasteiger partial charge in [0.25, 0.3) is 0 Å². The van der Waals surface area contributed by atoms with Crippen molar-refractivity contribution in [3.05, 3.63) is 0 Å². The normalized spacial score (nSPS) is 14.7. The molecule has 5 heteroatoms. The van der Waals surface area contributed by atoms with Gasteiger partial charge in [-0.25, -0.2) is 4.79 Å². The van der Waals surface area contributed by atoms with Crippen molar-refractivity contribution in [1.29, 1.82) is 0 Å². The Morgan fingerprint density at radius 1 is 1.40 bits per heavy atom. The van der Waals surface area contributed by atoms with Crippen LogP contribution < -0.4 is 5.32 Å². The average molecular weight is 218 g/mol. The van der Waals surface area contributed by atoms with Gasteiger partial charge in [0.15, 0.2) is 0 Å². The molecule has 0 fully saturated rings. The Labute approximate surface area is 93.6 Å². The minimum atomic E-state index is -0.805. The number of alkyl carbamates (subject to hydrolysis) is 1. The summed E-state index contributed by atoms with van der Waals surface area (Å²) in [4.78, 5) is 24.0. The van der Waals surface area contributed by atoms with Gasteiger partial charge in [-0.05, 0) is 27.7 Å². The van der Waals surface area contributed by atoms with Crippen LogP contribution in [0.2, 0.25) is 0 Å². The first-order chi connectivity index (χ1) is 7.71. The molecule has 88 valence electrons. The zero-order chi connectivity index (χ0) is 13.6. The Morgan fingerprint density at radius 3 is 2.33 bits per heavy atom. The molecular weight excluding hydrogens is 196 g/mol. The molecule has 0 aromatic rings. The number of carbonyl (C=O) groups is 2. The van der Waals surface area contributed by atoms with E-state index in [0.717, 1.165) is 4.90 Å². The quantitative estimate of drug-likeness (QED) is 0.752. The second-order valence-electron chi connectivity index (χ2n) is 4.25. The van der Waals surface area contributed by atoms with Crippen molar-refractivity contribution in [3.63, 3.8) is 0 Å². The van der Waals surface area contributed by atoms with E-state index in [-0.39, 0.29) is 14.0 Å². The molecule has 0 rings (SSSR count). The molecule has 0 saturated heterocycles. The molecule has 0 aliphatic heterocycles. The third-order valence-electron chi connectivity index (χ3n) is 1.42. The van der Waals surface area contributed by atoms with Gasteiger partial charge in [-0.3, -0.25) is 4.79 Å². The number of hydrogen-bond acceptors (Lipinski definition) is 3. The Hall–Kier alpha value is -1.26. The molecule has 5 nitrogen and oxygen atoms in total. The lowest BCUT2D eigenvalue weighted by atomic mass is 10.2. The van der Waals surface area contributed by atoms with Crippen LogP contribution in [0.4, 0.5) is 4.79 Å². The van der Waals surface area contributed by atoms with Gasteiger partial charge in [-0.15, -0.1) is 0 Å². The second kappa shape index (κ2) is 5.00. The van der Waals surface area contributed by atoms with Crippen LogP contribution in [0.15, 0.2) is 0 Å². The molecule has 2 amide bonds. The fourth-order valence-corrected chi connectivity index (χ4v) is 0.820. The molecule has 0 radical (unpaired) electrons. The summed E-state index contributed by atoms with van der Waals surface area (Å²) in [5.74, 6) is -0.471. The molecule has 0 bridgehead atoms. The number of carbonyl (C=O) groups excluding carboxylic acids is 2. The first-order valence-electron chi connectivity index (χ1n) is 5.99. The van der Waals surface area contributed by atoms with Crippen molar-refractivity contribution in [2.45, 2.75) is 39.3 Å². The summed E-state index contributed by atoms with van der Waals surface area (Å²) in [6, 6.07) is -0.805. The van der Waals surface area contributed by atoms with E-state index in [9.17, 15) is 9.59 Å². The highest BCUT2D eigenvalue weighted by Crippen LogP contribution is 2.06. The predicted molar refractivity (Wildman–Crippen MR) is 57.5 cm³/mol. The molecule has 0 spiro atoms. The van der Waals surface area contributed by atoms with Gasteiger partial charge in [-0.1, -0.05) is 0 Å². The van der Waals surface area contributed by atoms with Gasteiger partial charge in [0.05, 0.1) is 0 Å². The van der Waals surface area contributed by atoms with Gasteiger partial charge in [0.2, 0.25) is 5.91 Å². The van der Waals surface area contributed by atoms with Crippen molar-refractivity contribution in [2.24, 2.45) is 0 Å². The van der Waals surface area contributed by atoms with Gasteiger partial charge in [0, 0.05) is 16.8 Å². The number of nitrogens with one attached hydrogen (secondary N) is 1. The summed E-state index contributed by atoms with van der Waals surface area (Å²) in [5, 5.41) is 2.37. The van der Waals surface area contributed by atoms with Crippen LogP contribution in [0.5, 0.6) is 0 Å². The summed E-state index contributed by atoms with van der Waals surface area (Å²) < 4.78 is 19.1. The van der Waals surface area contributed by atoms with E-state index in [2.05, 4.69) is 5.32 Å². The highest BCUT2D eigenvalue weighted by atomic mass is 16.6. The molecule has 0 saturated carbocycles. The summed E-state index contributed by atoms with van der Waals surface area (Å²) in [6.45, 7) is 6.65. The summed E-state index contributed by atoms with van der Waals surface area (Å²) in [6.07, 6.45) is -0.687. The van der Waals surface area contributed by atoms with Crippen LogP contribution >= 0.6 is 0 Å². The van der Waals surface area contributed by atoms with Crippen LogP contribution in [0.1, 0.15) is 30.4 Å². The number of amides is 2. The molecule has 15 heavy (non-hydrogen) atoms. The van der Waals surface area contributed by atoms with Gasteiger partial charge in [0.1, 0.15) is 11.6 Å². The number of ether oxygens (including phenoxy) is 1. The second-order valence-corrected chi connectivity index (χ2v) is 4.25. The Bertz CT molecular complexity index is 275. The standard InChI is InChI=1S/C10H20N2O3/c1-7(8(13)12(5)6)11-9(14)15-10(2,3)4/h7H,1-6H3,(H,11,14)/t7-/m0/s1/i5D,6D. The zero-order valence-corrected chi connectivity index (χ0v) is 9.66. The van der Waals surface area contributed by atoms with E-state index in [1.54, 1.807) is 20.8 Å². The average Bonchev–Trinajstić information content (AvgIpc) is 2.16. The molecule has 0 aliphatic carbocycles. The molecule has 0 aliphatic rings. The van der Waals surface area contributed by atoms with Crippen LogP contribution in [0.25, 0.3) is 0 Å². The van der Waals surface area contributed by atoms with E-state index in [1.807, 2.05) is 0 Å². The van der Waals surface area contributed by atoms with Crippen molar-refractivity contribution < 1.29 is 17.1 Å². The van der Waals surface area contributed by atoms with E-state index in [4.69, 9.17) is 7.48 Å². The first kappa shape index (κ1) is 10.3. The highest BCUT2D eigenvalue weighted by molar-refractivity contribution is 5.84. The van der Waals surface area contributed by atoms with Gasteiger partial charge in [-0.2, -0.15) is 0 Å². The topological polar surface area (TPSA) is 58.6 Å². The Morgan fingerprint density at radius 2 is 1.93 bits per heavy atom. The molecule has 1 N–H and O–H groups in total. The van der Waals surface area contributed by atoms with Gasteiger partial charge >= 0.3 is 6.09 Å². The molecule has 0 aromatic heterocycles. The molecule has 0 heterocycles. The van der Waals surface area contributed by atoms with E-state index >= 15 is 0 Å². The van der Waals surface area contributed by atoms with E-state index in [0.29, 0.717) is 0 Å². The third kappa shape index (κ3) is 5.93. The lowest BCUT2D eigenvalue weighted by molar-refractivity contribution is -0.130. The molecular formula is C10H20N2O3. The fourth-order valence-electron chi connectivity index (χ4n) is 0.820. The third-order valence-corrected chi connectivity index (χ3v) is 1.42. The molecule has 0 aromatic carbocycles. The Kier molecular flexibility index (Phi) is 3.42. The molecule has 1 atom stereocenters. The van der Waals surface area contributed by atoms with E-state index < -0.39 is 23.6 Å². The number of nitrogens with zero attached hydrogens (tertiary/aromatic N) is 1. The van der Waals surface area contributed by atoms with Crippen molar-refractivity contribution in [3.8, 4) is 0 Å². The predicted octanol–water partition coefficient (Wildman–Crippen LogP) is 0.988. The lowest BCUT2D eigenvalue weighted by Gasteiger charge is -2.22. The first-order valence-corrected chi connectivity index (χ1v) is 4.58. The monoisotopic (exact) mass is 218 g/mol. The Balaban J connectivity index is 4.30. The maximum Gasteiger partial charge on any atom is 0.408 e. The highest BCUT2D eigenvalue weighted by Gasteiger charge is 2.21. The largest absolute Gasteiger partial charge is 0.444 e. The van der Waals surface area contributed by atoms with Crippen molar-refractivity contribution in [1.82, 2.24) is 10.2 Å². The maximum atomic E-state index is 11.6.